The van der Waals surface area contributed by atoms with E-state index < -0.39 is 11.7 Å². The number of benzene rings is 3. The molecule has 2 heterocycles. The van der Waals surface area contributed by atoms with Crippen molar-refractivity contribution < 1.29 is 19.1 Å². The molecule has 0 saturated carbocycles. The van der Waals surface area contributed by atoms with Crippen molar-refractivity contribution in [2.75, 3.05) is 11.9 Å². The van der Waals surface area contributed by atoms with Gasteiger partial charge in [-0.05, 0) is 79.2 Å². The van der Waals surface area contributed by atoms with Crippen LogP contribution in [0.4, 0.5) is 5.69 Å². The van der Waals surface area contributed by atoms with Gasteiger partial charge in [-0.15, -0.1) is 0 Å². The van der Waals surface area contributed by atoms with Gasteiger partial charge in [0.25, 0.3) is 11.7 Å². The number of carbonyl (C=O) groups excluding carboxylic acids is 2. The van der Waals surface area contributed by atoms with E-state index >= 15 is 0 Å². The molecule has 0 atom stereocenters. The molecule has 6 nitrogen and oxygen atoms in total. The summed E-state index contributed by atoms with van der Waals surface area (Å²) in [5.74, 6) is 0.736. The molecular weight excluding hydrogens is 452 g/mol. The summed E-state index contributed by atoms with van der Waals surface area (Å²) in [7, 11) is 0. The van der Waals surface area contributed by atoms with Crippen molar-refractivity contribution >= 4 is 22.9 Å². The monoisotopic (exact) mass is 476 g/mol. The predicted octanol–water partition coefficient (Wildman–Crippen LogP) is 6.62. The van der Waals surface area contributed by atoms with Crippen LogP contribution in [0.15, 0.2) is 109 Å². The van der Waals surface area contributed by atoms with Gasteiger partial charge in [0.05, 0.1) is 6.61 Å². The highest BCUT2D eigenvalue weighted by molar-refractivity contribution is 6.47. The maximum Gasteiger partial charge on any atom is 0.298 e. The lowest BCUT2D eigenvalue weighted by Crippen LogP contribution is -2.24. The molecule has 1 N–H and O–H groups in total. The first-order chi connectivity index (χ1) is 17.6. The van der Waals surface area contributed by atoms with E-state index in [9.17, 15) is 9.59 Å². The second-order valence-electron chi connectivity index (χ2n) is 8.08. The van der Waals surface area contributed by atoms with Crippen molar-refractivity contribution in [2.24, 2.45) is 0 Å². The van der Waals surface area contributed by atoms with Crippen LogP contribution in [0.1, 0.15) is 17.4 Å². The highest BCUT2D eigenvalue weighted by Gasteiger charge is 2.25. The van der Waals surface area contributed by atoms with Gasteiger partial charge >= 0.3 is 0 Å². The number of anilines is 1. The van der Waals surface area contributed by atoms with Crippen molar-refractivity contribution in [3.8, 4) is 28.4 Å². The quantitative estimate of drug-likeness (QED) is 0.202. The van der Waals surface area contributed by atoms with E-state index in [1.54, 1.807) is 34.9 Å². The van der Waals surface area contributed by atoms with Crippen molar-refractivity contribution in [1.29, 1.82) is 0 Å². The first-order valence-corrected chi connectivity index (χ1v) is 11.6. The Kier molecular flexibility index (Phi) is 6.49. The first-order valence-electron chi connectivity index (χ1n) is 11.6. The van der Waals surface area contributed by atoms with Gasteiger partial charge in [0.2, 0.25) is 0 Å². The Bertz CT molecular complexity index is 1500. The standard InChI is InChI=1S/C30H24N2O4/c1-2-35-24-15-11-21(12-16-24)27-20-23-8-6-7-19-32(23)28(27)29(33)30(34)31-22-13-17-26(18-14-22)36-25-9-4-3-5-10-25/h3-20H,2H2,1H3,(H,31,34). The highest BCUT2D eigenvalue weighted by atomic mass is 16.5. The Morgan fingerprint density at radius 3 is 2.17 bits per heavy atom. The molecule has 1 amide bonds. The van der Waals surface area contributed by atoms with Crippen LogP contribution in [0.25, 0.3) is 16.6 Å². The number of amides is 1. The molecular formula is C30H24N2O4. The highest BCUT2D eigenvalue weighted by Crippen LogP contribution is 2.30. The fourth-order valence-electron chi connectivity index (χ4n) is 4.00. The van der Waals surface area contributed by atoms with E-state index in [1.807, 2.05) is 85.8 Å². The second-order valence-corrected chi connectivity index (χ2v) is 8.08. The zero-order valence-corrected chi connectivity index (χ0v) is 19.7. The minimum atomic E-state index is -0.720. The third-order valence-corrected chi connectivity index (χ3v) is 5.67. The lowest BCUT2D eigenvalue weighted by molar-refractivity contribution is -0.112. The number of hydrogen-bond acceptors (Lipinski definition) is 4. The SMILES string of the molecule is CCOc1ccc(-c2cc3ccccn3c2C(=O)C(=O)Nc2ccc(Oc3ccccc3)cc2)cc1. The molecule has 0 aliphatic heterocycles. The number of ketones is 1. The number of fused-ring (bicyclic) bond motifs is 1. The predicted molar refractivity (Wildman–Crippen MR) is 140 cm³/mol. The van der Waals surface area contributed by atoms with Crippen molar-refractivity contribution in [3.05, 3.63) is 115 Å². The van der Waals surface area contributed by atoms with Gasteiger partial charge in [-0.3, -0.25) is 9.59 Å². The number of rotatable bonds is 8. The molecule has 5 rings (SSSR count). The fraction of sp³-hybridized carbons (Fsp3) is 0.0667. The van der Waals surface area contributed by atoms with Crippen LogP contribution >= 0.6 is 0 Å². The molecule has 0 unspecified atom stereocenters. The molecule has 0 fully saturated rings. The van der Waals surface area contributed by atoms with Crippen LogP contribution < -0.4 is 14.8 Å². The van der Waals surface area contributed by atoms with Crippen LogP contribution in [-0.4, -0.2) is 22.7 Å². The summed E-state index contributed by atoms with van der Waals surface area (Å²) in [4.78, 5) is 26.4. The summed E-state index contributed by atoms with van der Waals surface area (Å²) in [6.45, 7) is 2.49. The molecule has 3 aromatic carbocycles. The molecule has 5 aromatic rings. The maximum atomic E-state index is 13.4. The minimum Gasteiger partial charge on any atom is -0.494 e. The number of nitrogens with one attached hydrogen (secondary N) is 1. The van der Waals surface area contributed by atoms with E-state index in [4.69, 9.17) is 9.47 Å². The van der Waals surface area contributed by atoms with E-state index in [0.717, 1.165) is 16.8 Å². The molecule has 0 radical (unpaired) electrons. The van der Waals surface area contributed by atoms with Gasteiger partial charge in [0.15, 0.2) is 0 Å². The number of carbonyl (C=O) groups is 2. The summed E-state index contributed by atoms with van der Waals surface area (Å²) < 4.78 is 13.1. The smallest absolute Gasteiger partial charge is 0.298 e. The Hall–Kier alpha value is -4.84. The van der Waals surface area contributed by atoms with Crippen LogP contribution in [0.3, 0.4) is 0 Å². The number of hydrogen-bond donors (Lipinski definition) is 1. The minimum absolute atomic E-state index is 0.302. The molecule has 0 aliphatic carbocycles. The van der Waals surface area contributed by atoms with Gasteiger partial charge in [-0.1, -0.05) is 36.4 Å². The van der Waals surface area contributed by atoms with Crippen LogP contribution in [0, 0.1) is 0 Å². The van der Waals surface area contributed by atoms with Gasteiger partial charge < -0.3 is 19.2 Å². The molecule has 0 aliphatic rings. The average molecular weight is 477 g/mol. The number of nitrogens with zero attached hydrogens (tertiary/aromatic N) is 1. The van der Waals surface area contributed by atoms with E-state index in [1.165, 1.54) is 0 Å². The van der Waals surface area contributed by atoms with Crippen LogP contribution in [0.5, 0.6) is 17.2 Å². The summed E-state index contributed by atoms with van der Waals surface area (Å²) >= 11 is 0. The van der Waals surface area contributed by atoms with Gasteiger partial charge in [0.1, 0.15) is 22.9 Å². The van der Waals surface area contributed by atoms with E-state index in [2.05, 4.69) is 5.32 Å². The van der Waals surface area contributed by atoms with Crippen molar-refractivity contribution in [1.82, 2.24) is 4.40 Å². The Morgan fingerprint density at radius 2 is 1.44 bits per heavy atom. The van der Waals surface area contributed by atoms with Crippen molar-refractivity contribution in [3.63, 3.8) is 0 Å². The van der Waals surface area contributed by atoms with Gasteiger partial charge in [-0.25, -0.2) is 0 Å². The number of pyridine rings is 1. The molecule has 36 heavy (non-hydrogen) atoms. The molecule has 0 spiro atoms. The third kappa shape index (κ3) is 4.83. The zero-order chi connectivity index (χ0) is 24.9. The summed E-state index contributed by atoms with van der Waals surface area (Å²) in [6.07, 6.45) is 1.78. The molecule has 6 heteroatoms. The fourth-order valence-corrected chi connectivity index (χ4v) is 4.00. The largest absolute Gasteiger partial charge is 0.494 e. The summed E-state index contributed by atoms with van der Waals surface area (Å²) in [5.41, 5.74) is 3.12. The van der Waals surface area contributed by atoms with E-state index in [0.29, 0.717) is 35.1 Å². The Morgan fingerprint density at radius 1 is 0.778 bits per heavy atom. The van der Waals surface area contributed by atoms with Crippen LogP contribution in [-0.2, 0) is 4.79 Å². The number of para-hydroxylation sites is 1. The lowest BCUT2D eigenvalue weighted by atomic mass is 10.0. The second kappa shape index (κ2) is 10.2. The average Bonchev–Trinajstić information content (AvgIpc) is 3.30. The zero-order valence-electron chi connectivity index (χ0n) is 19.7. The Balaban J connectivity index is 1.39. The lowest BCUT2D eigenvalue weighted by Gasteiger charge is -2.09. The van der Waals surface area contributed by atoms with Gasteiger partial charge in [-0.2, -0.15) is 0 Å². The number of ether oxygens (including phenoxy) is 2. The number of aromatic nitrogens is 1. The summed E-state index contributed by atoms with van der Waals surface area (Å²) in [6, 6.07) is 31.3. The Labute approximate surface area is 208 Å². The van der Waals surface area contributed by atoms with Crippen LogP contribution in [0.2, 0.25) is 0 Å². The molecule has 0 saturated heterocycles. The first kappa shape index (κ1) is 22.9. The normalized spacial score (nSPS) is 10.7. The maximum absolute atomic E-state index is 13.4. The molecule has 2 aromatic heterocycles. The van der Waals surface area contributed by atoms with Gasteiger partial charge in [0, 0.05) is 23.0 Å². The topological polar surface area (TPSA) is 69.0 Å². The number of Topliss-reactive ketones (excluding diaryl/α,β-unsaturated/α-hetero) is 1. The third-order valence-electron chi connectivity index (χ3n) is 5.67. The summed E-state index contributed by atoms with van der Waals surface area (Å²) in [5, 5.41) is 2.71. The molecule has 0 bridgehead atoms. The molecule has 178 valence electrons. The van der Waals surface area contributed by atoms with Crippen molar-refractivity contribution in [2.45, 2.75) is 6.92 Å². The van der Waals surface area contributed by atoms with E-state index in [-0.39, 0.29) is 0 Å².